The largest absolute Gasteiger partial charge is 0.381 e. The summed E-state index contributed by atoms with van der Waals surface area (Å²) in [5.74, 6) is 1.96. The van der Waals surface area contributed by atoms with Gasteiger partial charge in [0, 0.05) is 50.5 Å². The first kappa shape index (κ1) is 17.4. The molecule has 2 aromatic rings. The number of hydrogen-bond donors (Lipinski definition) is 0. The number of nitrogens with zero attached hydrogens (tertiary/aromatic N) is 5. The fraction of sp³-hybridized carbons (Fsp3) is 0.632. The summed E-state index contributed by atoms with van der Waals surface area (Å²) < 4.78 is 8.83. The molecule has 0 aliphatic carbocycles. The van der Waals surface area contributed by atoms with Crippen molar-refractivity contribution in [2.75, 3.05) is 32.8 Å². The average molecular weight is 357 g/mol. The molecule has 0 spiro atoms. The van der Waals surface area contributed by atoms with Crippen LogP contribution in [0.3, 0.4) is 0 Å². The van der Waals surface area contributed by atoms with Crippen LogP contribution in [0.2, 0.25) is 0 Å². The maximum Gasteiger partial charge on any atom is 0.266 e. The highest BCUT2D eigenvalue weighted by molar-refractivity contribution is 5.23. The number of rotatable bonds is 5. The highest BCUT2D eigenvalue weighted by Gasteiger charge is 2.29. The van der Waals surface area contributed by atoms with E-state index >= 15 is 0 Å². The minimum absolute atomic E-state index is 0.0434. The zero-order valence-electron chi connectivity index (χ0n) is 15.6. The Bertz CT molecular complexity index is 816. The van der Waals surface area contributed by atoms with Gasteiger partial charge in [0.2, 0.25) is 0 Å². The van der Waals surface area contributed by atoms with E-state index in [0.717, 1.165) is 50.2 Å². The fourth-order valence-corrected chi connectivity index (χ4v) is 4.02. The predicted molar refractivity (Wildman–Crippen MR) is 98.6 cm³/mol. The monoisotopic (exact) mass is 357 g/mol. The van der Waals surface area contributed by atoms with Crippen LogP contribution in [0.4, 0.5) is 0 Å². The fourth-order valence-electron chi connectivity index (χ4n) is 4.02. The molecule has 0 atom stereocenters. The standard InChI is InChI=1S/C19H27N5O2/c1-14-9-15(2)24(20-14)18-3-4-19(25)23(21-18)13-17-11-22(12-17)10-16-5-7-26-8-6-16/h3-4,9,16-17H,5-8,10-13H2,1-2H3. The number of aryl methyl sites for hydroxylation is 2. The Balaban J connectivity index is 1.37. The van der Waals surface area contributed by atoms with Crippen molar-refractivity contribution in [1.82, 2.24) is 24.5 Å². The van der Waals surface area contributed by atoms with Crippen molar-refractivity contribution >= 4 is 0 Å². The lowest BCUT2D eigenvalue weighted by Gasteiger charge is -2.41. The van der Waals surface area contributed by atoms with E-state index in [4.69, 9.17) is 4.74 Å². The molecule has 2 saturated heterocycles. The average Bonchev–Trinajstić information content (AvgIpc) is 2.94. The molecule has 2 aliphatic heterocycles. The molecule has 7 heteroatoms. The number of ether oxygens (including phenoxy) is 1. The van der Waals surface area contributed by atoms with Crippen LogP contribution in [-0.4, -0.2) is 57.3 Å². The van der Waals surface area contributed by atoms with Gasteiger partial charge >= 0.3 is 0 Å². The molecule has 2 fully saturated rings. The van der Waals surface area contributed by atoms with E-state index < -0.39 is 0 Å². The Morgan fingerprint density at radius 2 is 1.85 bits per heavy atom. The van der Waals surface area contributed by atoms with Crippen LogP contribution in [-0.2, 0) is 11.3 Å². The second-order valence-electron chi connectivity index (χ2n) is 7.69. The van der Waals surface area contributed by atoms with E-state index in [9.17, 15) is 4.79 Å². The van der Waals surface area contributed by atoms with Crippen LogP contribution in [0.25, 0.3) is 5.82 Å². The van der Waals surface area contributed by atoms with Crippen LogP contribution >= 0.6 is 0 Å². The summed E-state index contributed by atoms with van der Waals surface area (Å²) in [5, 5.41) is 9.01. The Labute approximate surface area is 153 Å². The third-order valence-corrected chi connectivity index (χ3v) is 5.40. The van der Waals surface area contributed by atoms with E-state index in [1.54, 1.807) is 21.5 Å². The lowest BCUT2D eigenvalue weighted by molar-refractivity contribution is 0.0204. The summed E-state index contributed by atoms with van der Waals surface area (Å²) in [5.41, 5.74) is 1.93. The molecule has 7 nitrogen and oxygen atoms in total. The van der Waals surface area contributed by atoms with Gasteiger partial charge in [0.15, 0.2) is 5.82 Å². The molecule has 0 saturated carbocycles. The first-order chi connectivity index (χ1) is 12.6. The normalized spacial score (nSPS) is 19.6. The first-order valence-electron chi connectivity index (χ1n) is 9.50. The van der Waals surface area contributed by atoms with Crippen molar-refractivity contribution < 1.29 is 4.74 Å². The van der Waals surface area contributed by atoms with Gasteiger partial charge in [-0.05, 0) is 44.7 Å². The van der Waals surface area contributed by atoms with Crippen molar-refractivity contribution in [3.05, 3.63) is 39.9 Å². The quantitative estimate of drug-likeness (QED) is 0.809. The van der Waals surface area contributed by atoms with Gasteiger partial charge < -0.3 is 9.64 Å². The van der Waals surface area contributed by atoms with Crippen molar-refractivity contribution in [1.29, 1.82) is 0 Å². The third-order valence-electron chi connectivity index (χ3n) is 5.40. The van der Waals surface area contributed by atoms with E-state index in [0.29, 0.717) is 18.3 Å². The molecule has 0 aromatic carbocycles. The number of likely N-dealkylation sites (tertiary alicyclic amines) is 1. The Morgan fingerprint density at radius 1 is 1.08 bits per heavy atom. The Morgan fingerprint density at radius 3 is 2.54 bits per heavy atom. The second kappa shape index (κ2) is 7.32. The summed E-state index contributed by atoms with van der Waals surface area (Å²) >= 11 is 0. The van der Waals surface area contributed by atoms with E-state index in [-0.39, 0.29) is 5.56 Å². The molecule has 2 aromatic heterocycles. The van der Waals surface area contributed by atoms with Gasteiger partial charge in [-0.25, -0.2) is 9.36 Å². The van der Waals surface area contributed by atoms with Gasteiger partial charge in [-0.3, -0.25) is 4.79 Å². The smallest absolute Gasteiger partial charge is 0.266 e. The summed E-state index contributed by atoms with van der Waals surface area (Å²) in [6.45, 7) is 9.70. The van der Waals surface area contributed by atoms with Crippen molar-refractivity contribution in [2.24, 2.45) is 11.8 Å². The minimum Gasteiger partial charge on any atom is -0.381 e. The zero-order valence-corrected chi connectivity index (χ0v) is 15.6. The maximum atomic E-state index is 12.2. The van der Waals surface area contributed by atoms with Crippen LogP contribution in [0.5, 0.6) is 0 Å². The molecular formula is C19H27N5O2. The Kier molecular flexibility index (Phi) is 4.91. The third kappa shape index (κ3) is 3.73. The minimum atomic E-state index is -0.0434. The second-order valence-corrected chi connectivity index (χ2v) is 7.69. The summed E-state index contributed by atoms with van der Waals surface area (Å²) in [4.78, 5) is 14.7. The van der Waals surface area contributed by atoms with Gasteiger partial charge in [-0.2, -0.15) is 5.10 Å². The highest BCUT2D eigenvalue weighted by Crippen LogP contribution is 2.22. The summed E-state index contributed by atoms with van der Waals surface area (Å²) in [6, 6.07) is 5.35. The first-order valence-corrected chi connectivity index (χ1v) is 9.50. The molecule has 0 bridgehead atoms. The molecule has 140 valence electrons. The molecule has 0 amide bonds. The van der Waals surface area contributed by atoms with Gasteiger partial charge in [-0.15, -0.1) is 5.10 Å². The lowest BCUT2D eigenvalue weighted by Crippen LogP contribution is -2.51. The molecule has 4 rings (SSSR count). The molecule has 0 radical (unpaired) electrons. The highest BCUT2D eigenvalue weighted by atomic mass is 16.5. The maximum absolute atomic E-state index is 12.2. The predicted octanol–water partition coefficient (Wildman–Crippen LogP) is 1.40. The van der Waals surface area contributed by atoms with E-state index in [2.05, 4.69) is 15.1 Å². The molecule has 4 heterocycles. The molecule has 0 N–H and O–H groups in total. The van der Waals surface area contributed by atoms with Gasteiger partial charge in [-0.1, -0.05) is 0 Å². The zero-order chi connectivity index (χ0) is 18.1. The number of hydrogen-bond acceptors (Lipinski definition) is 5. The van der Waals surface area contributed by atoms with Crippen LogP contribution in [0.1, 0.15) is 24.2 Å². The van der Waals surface area contributed by atoms with Crippen molar-refractivity contribution in [3.63, 3.8) is 0 Å². The topological polar surface area (TPSA) is 65.2 Å². The van der Waals surface area contributed by atoms with E-state index in [1.807, 2.05) is 19.9 Å². The number of aromatic nitrogens is 4. The lowest BCUT2D eigenvalue weighted by atomic mass is 9.94. The van der Waals surface area contributed by atoms with Crippen molar-refractivity contribution in [3.8, 4) is 5.82 Å². The van der Waals surface area contributed by atoms with Gasteiger partial charge in [0.05, 0.1) is 12.2 Å². The van der Waals surface area contributed by atoms with Crippen LogP contribution in [0.15, 0.2) is 23.0 Å². The summed E-state index contributed by atoms with van der Waals surface area (Å²) in [7, 11) is 0. The molecule has 0 unspecified atom stereocenters. The SMILES string of the molecule is Cc1cc(C)n(-c2ccc(=O)n(CC3CN(CC4CCOCC4)C3)n2)n1. The molecular weight excluding hydrogens is 330 g/mol. The van der Waals surface area contributed by atoms with E-state index in [1.165, 1.54) is 12.8 Å². The molecule has 2 aliphatic rings. The Hall–Kier alpha value is -1.99. The van der Waals surface area contributed by atoms with Crippen LogP contribution < -0.4 is 5.56 Å². The van der Waals surface area contributed by atoms with Gasteiger partial charge in [0.1, 0.15) is 0 Å². The summed E-state index contributed by atoms with van der Waals surface area (Å²) in [6.07, 6.45) is 2.35. The van der Waals surface area contributed by atoms with Crippen LogP contribution in [0, 0.1) is 25.7 Å². The van der Waals surface area contributed by atoms with Crippen molar-refractivity contribution in [2.45, 2.75) is 33.2 Å². The van der Waals surface area contributed by atoms with Gasteiger partial charge in [0.25, 0.3) is 5.56 Å². The molecule has 26 heavy (non-hydrogen) atoms.